The first kappa shape index (κ1) is 14.2. The Morgan fingerprint density at radius 3 is 2.65 bits per heavy atom. The zero-order chi connectivity index (χ0) is 12.8. The van der Waals surface area contributed by atoms with Crippen LogP contribution in [0.2, 0.25) is 0 Å². The van der Waals surface area contributed by atoms with Crippen LogP contribution in [0.5, 0.6) is 0 Å². The van der Waals surface area contributed by atoms with Gasteiger partial charge in [-0.3, -0.25) is 9.69 Å². The van der Waals surface area contributed by atoms with Crippen molar-refractivity contribution in [3.05, 3.63) is 12.7 Å². The zero-order valence-electron chi connectivity index (χ0n) is 11.1. The number of carboxylic acid groups (broad SMARTS) is 1. The molecule has 0 heterocycles. The van der Waals surface area contributed by atoms with Crippen LogP contribution in [0.4, 0.5) is 0 Å². The van der Waals surface area contributed by atoms with Gasteiger partial charge in [-0.1, -0.05) is 32.8 Å². The molecule has 0 aliphatic heterocycles. The Labute approximate surface area is 105 Å². The minimum atomic E-state index is -0.736. The minimum absolute atomic E-state index is 0.139. The average Bonchev–Trinajstić information content (AvgIpc) is 2.28. The van der Waals surface area contributed by atoms with Crippen molar-refractivity contribution in [2.45, 2.75) is 45.6 Å². The molecular weight excluding hydrogens is 214 g/mol. The Balaban J connectivity index is 2.73. The summed E-state index contributed by atoms with van der Waals surface area (Å²) in [5.41, 5.74) is 0. The van der Waals surface area contributed by atoms with E-state index in [1.54, 1.807) is 0 Å². The van der Waals surface area contributed by atoms with Crippen molar-refractivity contribution in [2.75, 3.05) is 13.1 Å². The number of nitrogens with zero attached hydrogens (tertiary/aromatic N) is 1. The molecule has 1 aliphatic carbocycles. The molecule has 0 aromatic rings. The number of rotatable bonds is 6. The Morgan fingerprint density at radius 2 is 2.12 bits per heavy atom. The van der Waals surface area contributed by atoms with E-state index in [2.05, 4.69) is 25.3 Å². The molecule has 98 valence electrons. The fraction of sp³-hybridized carbons (Fsp3) is 0.786. The third-order valence-electron chi connectivity index (χ3n) is 3.81. The van der Waals surface area contributed by atoms with Crippen molar-refractivity contribution in [1.29, 1.82) is 0 Å². The van der Waals surface area contributed by atoms with Gasteiger partial charge in [-0.25, -0.2) is 0 Å². The fourth-order valence-electron chi connectivity index (χ4n) is 3.03. The second kappa shape index (κ2) is 6.80. The highest BCUT2D eigenvalue weighted by Gasteiger charge is 2.32. The maximum Gasteiger partial charge on any atom is 0.317 e. The van der Waals surface area contributed by atoms with Crippen molar-refractivity contribution < 1.29 is 9.90 Å². The van der Waals surface area contributed by atoms with Crippen molar-refractivity contribution in [3.63, 3.8) is 0 Å². The summed E-state index contributed by atoms with van der Waals surface area (Å²) in [6.45, 7) is 9.05. The van der Waals surface area contributed by atoms with E-state index in [0.29, 0.717) is 24.4 Å². The standard InChI is InChI=1S/C14H25NO2/c1-4-9-15(10-14(16)17)13-8-6-5-7-12(13)11(2)3/h4,11-13H,1,5-10H2,2-3H3,(H,16,17). The lowest BCUT2D eigenvalue weighted by Crippen LogP contribution is -2.46. The highest BCUT2D eigenvalue weighted by molar-refractivity contribution is 5.69. The molecule has 1 rings (SSSR count). The third-order valence-corrected chi connectivity index (χ3v) is 3.81. The molecule has 0 amide bonds. The summed E-state index contributed by atoms with van der Waals surface area (Å²) in [5, 5.41) is 8.99. The third kappa shape index (κ3) is 4.15. The Kier molecular flexibility index (Phi) is 5.69. The quantitative estimate of drug-likeness (QED) is 0.725. The van der Waals surface area contributed by atoms with E-state index in [0.717, 1.165) is 6.42 Å². The predicted molar refractivity (Wildman–Crippen MR) is 70.0 cm³/mol. The van der Waals surface area contributed by atoms with Crippen LogP contribution in [-0.4, -0.2) is 35.1 Å². The van der Waals surface area contributed by atoms with Crippen molar-refractivity contribution in [3.8, 4) is 0 Å². The monoisotopic (exact) mass is 239 g/mol. The van der Waals surface area contributed by atoms with Crippen molar-refractivity contribution >= 4 is 5.97 Å². The molecule has 17 heavy (non-hydrogen) atoms. The van der Waals surface area contributed by atoms with Crippen LogP contribution < -0.4 is 0 Å². The van der Waals surface area contributed by atoms with Crippen molar-refractivity contribution in [1.82, 2.24) is 4.90 Å². The van der Waals surface area contributed by atoms with Crippen LogP contribution in [0, 0.1) is 11.8 Å². The number of hydrogen-bond donors (Lipinski definition) is 1. The second-order valence-electron chi connectivity index (χ2n) is 5.37. The van der Waals surface area contributed by atoms with E-state index in [1.165, 1.54) is 19.3 Å². The summed E-state index contributed by atoms with van der Waals surface area (Å²) in [6.07, 6.45) is 6.68. The van der Waals surface area contributed by atoms with Gasteiger partial charge in [0, 0.05) is 12.6 Å². The molecule has 0 aromatic carbocycles. The molecule has 1 aliphatic rings. The Bertz CT molecular complexity index is 263. The largest absolute Gasteiger partial charge is 0.480 e. The highest BCUT2D eigenvalue weighted by Crippen LogP contribution is 2.33. The molecule has 0 saturated heterocycles. The first-order valence-electron chi connectivity index (χ1n) is 6.63. The molecule has 1 saturated carbocycles. The molecule has 3 nitrogen and oxygen atoms in total. The van der Waals surface area contributed by atoms with Crippen molar-refractivity contribution in [2.24, 2.45) is 11.8 Å². The van der Waals surface area contributed by atoms with Gasteiger partial charge < -0.3 is 5.11 Å². The van der Waals surface area contributed by atoms with Gasteiger partial charge in [0.15, 0.2) is 0 Å². The zero-order valence-corrected chi connectivity index (χ0v) is 11.1. The van der Waals surface area contributed by atoms with Crippen LogP contribution in [0.15, 0.2) is 12.7 Å². The maximum atomic E-state index is 10.9. The van der Waals surface area contributed by atoms with E-state index in [9.17, 15) is 4.79 Å². The normalized spacial score (nSPS) is 25.2. The van der Waals surface area contributed by atoms with Gasteiger partial charge in [0.2, 0.25) is 0 Å². The number of carbonyl (C=O) groups is 1. The van der Waals surface area contributed by atoms with Gasteiger partial charge in [0.1, 0.15) is 0 Å². The van der Waals surface area contributed by atoms with Crippen LogP contribution >= 0.6 is 0 Å². The summed E-state index contributed by atoms with van der Waals surface area (Å²) >= 11 is 0. The summed E-state index contributed by atoms with van der Waals surface area (Å²) in [5.74, 6) is 0.518. The summed E-state index contributed by atoms with van der Waals surface area (Å²) in [4.78, 5) is 13.0. The number of aliphatic carboxylic acids is 1. The van der Waals surface area contributed by atoms with Gasteiger partial charge in [-0.15, -0.1) is 6.58 Å². The maximum absolute atomic E-state index is 10.9. The highest BCUT2D eigenvalue weighted by atomic mass is 16.4. The first-order chi connectivity index (χ1) is 8.06. The minimum Gasteiger partial charge on any atom is -0.480 e. The van der Waals surface area contributed by atoms with Gasteiger partial charge in [-0.05, 0) is 24.7 Å². The molecule has 3 heteroatoms. The molecule has 0 aromatic heterocycles. The van der Waals surface area contributed by atoms with E-state index < -0.39 is 5.97 Å². The molecule has 0 radical (unpaired) electrons. The molecule has 2 atom stereocenters. The SMILES string of the molecule is C=CCN(CC(=O)O)C1CCCCC1C(C)C. The van der Waals surface area contributed by atoms with Gasteiger partial charge >= 0.3 is 5.97 Å². The number of hydrogen-bond acceptors (Lipinski definition) is 2. The fourth-order valence-corrected chi connectivity index (χ4v) is 3.03. The van der Waals surface area contributed by atoms with Gasteiger partial charge in [0.05, 0.1) is 6.54 Å². The predicted octanol–water partition coefficient (Wildman–Crippen LogP) is 2.77. The summed E-state index contributed by atoms with van der Waals surface area (Å²) in [7, 11) is 0. The van der Waals surface area contributed by atoms with E-state index in [4.69, 9.17) is 5.11 Å². The second-order valence-corrected chi connectivity index (χ2v) is 5.37. The first-order valence-corrected chi connectivity index (χ1v) is 6.63. The molecule has 2 unspecified atom stereocenters. The molecule has 0 spiro atoms. The Hall–Kier alpha value is -0.830. The van der Waals surface area contributed by atoms with Gasteiger partial charge in [0.25, 0.3) is 0 Å². The van der Waals surface area contributed by atoms with Gasteiger partial charge in [-0.2, -0.15) is 0 Å². The molecular formula is C14H25NO2. The number of carboxylic acids is 1. The topological polar surface area (TPSA) is 40.5 Å². The van der Waals surface area contributed by atoms with Crippen LogP contribution in [0.25, 0.3) is 0 Å². The lowest BCUT2D eigenvalue weighted by molar-refractivity contribution is -0.139. The van der Waals surface area contributed by atoms with E-state index in [-0.39, 0.29) is 6.54 Å². The van der Waals surface area contributed by atoms with Crippen LogP contribution in [-0.2, 0) is 4.79 Å². The average molecular weight is 239 g/mol. The summed E-state index contributed by atoms with van der Waals surface area (Å²) in [6, 6.07) is 0.415. The smallest absolute Gasteiger partial charge is 0.317 e. The Morgan fingerprint density at radius 1 is 1.47 bits per heavy atom. The molecule has 0 bridgehead atoms. The van der Waals surface area contributed by atoms with Crippen LogP contribution in [0.1, 0.15) is 39.5 Å². The molecule has 1 fully saturated rings. The van der Waals surface area contributed by atoms with E-state index in [1.807, 2.05) is 6.08 Å². The molecule has 1 N–H and O–H groups in total. The lowest BCUT2D eigenvalue weighted by atomic mass is 9.77. The van der Waals surface area contributed by atoms with E-state index >= 15 is 0 Å². The van der Waals surface area contributed by atoms with Crippen LogP contribution in [0.3, 0.4) is 0 Å². The summed E-state index contributed by atoms with van der Waals surface area (Å²) < 4.78 is 0. The lowest BCUT2D eigenvalue weighted by Gasteiger charge is -2.41.